The predicted octanol–water partition coefficient (Wildman–Crippen LogP) is 0.406. The fourth-order valence-electron chi connectivity index (χ4n) is 2.09. The van der Waals surface area contributed by atoms with Crippen molar-refractivity contribution in [1.82, 2.24) is 10.2 Å². The average molecular weight is 314 g/mol. The number of hydrogen-bond donors (Lipinski definition) is 2. The van der Waals surface area contributed by atoms with Crippen molar-refractivity contribution in [3.05, 3.63) is 0 Å². The third-order valence-electron chi connectivity index (χ3n) is 3.53. The number of nitrogens with zero attached hydrogens (tertiary/aromatic N) is 1. The van der Waals surface area contributed by atoms with Crippen LogP contribution >= 0.6 is 24.8 Å². The van der Waals surface area contributed by atoms with E-state index in [0.29, 0.717) is 5.92 Å². The highest BCUT2D eigenvalue weighted by Gasteiger charge is 2.45. The third-order valence-corrected chi connectivity index (χ3v) is 3.53. The Labute approximate surface area is 127 Å². The van der Waals surface area contributed by atoms with Gasteiger partial charge in [-0.1, -0.05) is 6.92 Å². The average Bonchev–Trinajstić information content (AvgIpc) is 3.07. The Kier molecular flexibility index (Phi) is 8.24. The van der Waals surface area contributed by atoms with Crippen molar-refractivity contribution in [2.24, 2.45) is 11.7 Å². The van der Waals surface area contributed by atoms with E-state index < -0.39 is 5.54 Å². The van der Waals surface area contributed by atoms with Crippen molar-refractivity contribution < 1.29 is 9.53 Å². The predicted molar refractivity (Wildman–Crippen MR) is 80.1 cm³/mol. The van der Waals surface area contributed by atoms with Gasteiger partial charge >= 0.3 is 0 Å². The van der Waals surface area contributed by atoms with E-state index in [0.717, 1.165) is 52.2 Å². The van der Waals surface area contributed by atoms with Crippen LogP contribution in [0.15, 0.2) is 0 Å². The molecule has 0 aromatic carbocycles. The summed E-state index contributed by atoms with van der Waals surface area (Å²) < 4.78 is 5.30. The van der Waals surface area contributed by atoms with E-state index in [1.807, 2.05) is 0 Å². The van der Waals surface area contributed by atoms with Gasteiger partial charge in [0.2, 0.25) is 5.91 Å². The van der Waals surface area contributed by atoms with Crippen LogP contribution in [0.5, 0.6) is 0 Å². The Morgan fingerprint density at radius 1 is 1.37 bits per heavy atom. The monoisotopic (exact) mass is 313 g/mol. The lowest BCUT2D eigenvalue weighted by Gasteiger charge is -2.29. The number of halogens is 2. The Bertz CT molecular complexity index is 282. The third kappa shape index (κ3) is 5.83. The number of rotatable bonds is 5. The van der Waals surface area contributed by atoms with Gasteiger partial charge in [-0.3, -0.25) is 9.69 Å². The zero-order valence-electron chi connectivity index (χ0n) is 11.4. The molecule has 0 bridgehead atoms. The van der Waals surface area contributed by atoms with Gasteiger partial charge in [-0.2, -0.15) is 0 Å². The van der Waals surface area contributed by atoms with E-state index >= 15 is 0 Å². The van der Waals surface area contributed by atoms with Gasteiger partial charge in [0.1, 0.15) is 0 Å². The molecule has 1 heterocycles. The number of carbonyl (C=O) groups is 1. The lowest BCUT2D eigenvalue weighted by Crippen LogP contribution is -2.46. The maximum Gasteiger partial charge on any atom is 0.240 e. The number of morpholine rings is 1. The van der Waals surface area contributed by atoms with Gasteiger partial charge in [-0.15, -0.1) is 24.8 Å². The summed E-state index contributed by atoms with van der Waals surface area (Å²) in [5.41, 5.74) is 5.28. The van der Waals surface area contributed by atoms with Crippen LogP contribution < -0.4 is 11.1 Å². The topological polar surface area (TPSA) is 67.6 Å². The van der Waals surface area contributed by atoms with E-state index in [9.17, 15) is 4.79 Å². The molecule has 19 heavy (non-hydrogen) atoms. The van der Waals surface area contributed by atoms with Crippen molar-refractivity contribution in [3.8, 4) is 0 Å². The van der Waals surface area contributed by atoms with E-state index in [2.05, 4.69) is 17.1 Å². The maximum atomic E-state index is 11.7. The van der Waals surface area contributed by atoms with Crippen LogP contribution in [0.2, 0.25) is 0 Å². The van der Waals surface area contributed by atoms with Gasteiger partial charge in [0.05, 0.1) is 18.8 Å². The Morgan fingerprint density at radius 2 is 1.95 bits per heavy atom. The zero-order chi connectivity index (χ0) is 12.3. The Hall–Kier alpha value is -0.0700. The number of carbonyl (C=O) groups excluding carboxylic acids is 1. The second-order valence-corrected chi connectivity index (χ2v) is 5.38. The van der Waals surface area contributed by atoms with Gasteiger partial charge in [0.15, 0.2) is 0 Å². The van der Waals surface area contributed by atoms with E-state index in [1.54, 1.807) is 0 Å². The highest BCUT2D eigenvalue weighted by Crippen LogP contribution is 2.32. The summed E-state index contributed by atoms with van der Waals surface area (Å²) in [5, 5.41) is 2.95. The number of hydrogen-bond acceptors (Lipinski definition) is 4. The van der Waals surface area contributed by atoms with Crippen LogP contribution in [0.25, 0.3) is 0 Å². The van der Waals surface area contributed by atoms with Crippen LogP contribution in [-0.2, 0) is 9.53 Å². The molecule has 2 rings (SSSR count). The summed E-state index contributed by atoms with van der Waals surface area (Å²) in [6, 6.07) is 0. The number of nitrogens with one attached hydrogen (secondary N) is 1. The molecule has 1 aliphatic carbocycles. The quantitative estimate of drug-likeness (QED) is 0.771. The van der Waals surface area contributed by atoms with Crippen molar-refractivity contribution in [3.63, 3.8) is 0 Å². The van der Waals surface area contributed by atoms with Gasteiger partial charge < -0.3 is 15.8 Å². The normalized spacial score (nSPS) is 22.6. The largest absolute Gasteiger partial charge is 0.379 e. The standard InChI is InChI=1S/C12H23N3O2.2ClH/c1-10(9-15-4-6-17-7-5-15)8-14-11(16)12(13)2-3-12;;/h10H,2-9,13H2,1H3,(H,14,16);2*1H. The first-order valence-electron chi connectivity index (χ1n) is 6.47. The van der Waals surface area contributed by atoms with Crippen molar-refractivity contribution in [1.29, 1.82) is 0 Å². The second kappa shape index (κ2) is 8.27. The number of ether oxygens (including phenoxy) is 1. The minimum atomic E-state index is -0.543. The van der Waals surface area contributed by atoms with E-state index in [1.165, 1.54) is 0 Å². The van der Waals surface area contributed by atoms with Crippen molar-refractivity contribution >= 4 is 30.7 Å². The maximum absolute atomic E-state index is 11.7. The SMILES string of the molecule is CC(CNC(=O)C1(N)CC1)CN1CCOCC1.Cl.Cl. The van der Waals surface area contributed by atoms with Gasteiger partial charge in [-0.25, -0.2) is 0 Å². The minimum absolute atomic E-state index is 0. The molecule has 1 atom stereocenters. The Morgan fingerprint density at radius 3 is 2.47 bits per heavy atom. The molecular formula is C12H25Cl2N3O2. The van der Waals surface area contributed by atoms with E-state index in [-0.39, 0.29) is 30.7 Å². The minimum Gasteiger partial charge on any atom is -0.379 e. The molecule has 0 radical (unpaired) electrons. The summed E-state index contributed by atoms with van der Waals surface area (Å²) in [7, 11) is 0. The van der Waals surface area contributed by atoms with Crippen molar-refractivity contribution in [2.45, 2.75) is 25.3 Å². The highest BCUT2D eigenvalue weighted by atomic mass is 35.5. The molecule has 1 unspecified atom stereocenters. The molecule has 1 amide bonds. The Balaban J connectivity index is 0.00000162. The molecule has 5 nitrogen and oxygen atoms in total. The summed E-state index contributed by atoms with van der Waals surface area (Å²) >= 11 is 0. The van der Waals surface area contributed by atoms with Crippen LogP contribution in [0.4, 0.5) is 0 Å². The molecule has 0 aromatic heterocycles. The highest BCUT2D eigenvalue weighted by molar-refractivity contribution is 5.88. The zero-order valence-corrected chi connectivity index (χ0v) is 13.0. The van der Waals surface area contributed by atoms with Crippen LogP contribution in [-0.4, -0.2) is 55.7 Å². The van der Waals surface area contributed by atoms with E-state index in [4.69, 9.17) is 10.5 Å². The fraction of sp³-hybridized carbons (Fsp3) is 0.917. The van der Waals surface area contributed by atoms with Crippen LogP contribution in [0.3, 0.4) is 0 Å². The molecule has 3 N–H and O–H groups in total. The lowest BCUT2D eigenvalue weighted by atomic mass is 10.1. The number of amides is 1. The molecule has 1 saturated carbocycles. The number of nitrogens with two attached hydrogens (primary N) is 1. The van der Waals surface area contributed by atoms with Crippen molar-refractivity contribution in [2.75, 3.05) is 39.4 Å². The summed E-state index contributed by atoms with van der Waals surface area (Å²) in [6.45, 7) is 7.54. The summed E-state index contributed by atoms with van der Waals surface area (Å²) in [6.07, 6.45) is 1.66. The molecule has 2 fully saturated rings. The smallest absolute Gasteiger partial charge is 0.240 e. The van der Waals surface area contributed by atoms with Gasteiger partial charge in [0.25, 0.3) is 0 Å². The fourth-order valence-corrected chi connectivity index (χ4v) is 2.09. The second-order valence-electron chi connectivity index (χ2n) is 5.38. The lowest BCUT2D eigenvalue weighted by molar-refractivity contribution is -0.123. The first-order chi connectivity index (χ1) is 8.10. The summed E-state index contributed by atoms with van der Waals surface area (Å²) in [5.74, 6) is 0.478. The molecule has 1 aliphatic heterocycles. The molecule has 0 spiro atoms. The van der Waals surface area contributed by atoms with Crippen LogP contribution in [0, 0.1) is 5.92 Å². The molecule has 7 heteroatoms. The van der Waals surface area contributed by atoms with Gasteiger partial charge in [-0.05, 0) is 18.8 Å². The van der Waals surface area contributed by atoms with Crippen LogP contribution in [0.1, 0.15) is 19.8 Å². The first kappa shape index (κ1) is 18.9. The molecular weight excluding hydrogens is 289 g/mol. The molecule has 0 aromatic rings. The van der Waals surface area contributed by atoms with Gasteiger partial charge in [0, 0.05) is 26.2 Å². The molecule has 1 saturated heterocycles. The molecule has 114 valence electrons. The molecule has 2 aliphatic rings. The summed E-state index contributed by atoms with van der Waals surface area (Å²) in [4.78, 5) is 14.0. The first-order valence-corrected chi connectivity index (χ1v) is 6.47.